The first-order chi connectivity index (χ1) is 9.63. The van der Waals surface area contributed by atoms with Crippen molar-refractivity contribution in [3.63, 3.8) is 0 Å². The lowest BCUT2D eigenvalue weighted by Gasteiger charge is -2.40. The van der Waals surface area contributed by atoms with Gasteiger partial charge in [0.25, 0.3) is 0 Å². The number of aryl methyl sites for hydroxylation is 1. The molecule has 2 unspecified atom stereocenters. The summed E-state index contributed by atoms with van der Waals surface area (Å²) < 4.78 is 0. The number of piperazine rings is 1. The highest BCUT2D eigenvalue weighted by molar-refractivity contribution is 6.31. The fourth-order valence-corrected chi connectivity index (χ4v) is 3.31. The smallest absolute Gasteiger partial charge is 0.0453 e. The van der Waals surface area contributed by atoms with E-state index in [1.54, 1.807) is 0 Å². The molecule has 1 saturated heterocycles. The van der Waals surface area contributed by atoms with Crippen molar-refractivity contribution in [3.05, 3.63) is 34.3 Å². The Labute approximate surface area is 128 Å². The molecule has 2 rings (SSSR count). The summed E-state index contributed by atoms with van der Waals surface area (Å²) >= 11 is 6.40. The zero-order valence-corrected chi connectivity index (χ0v) is 13.7. The Hall–Kier alpha value is -0.570. The number of nitrogens with zero attached hydrogens (tertiary/aromatic N) is 1. The van der Waals surface area contributed by atoms with Crippen molar-refractivity contribution in [2.24, 2.45) is 0 Å². The van der Waals surface area contributed by atoms with Gasteiger partial charge in [-0.2, -0.15) is 0 Å². The third-order valence-corrected chi connectivity index (χ3v) is 4.66. The Morgan fingerprint density at radius 2 is 2.15 bits per heavy atom. The fraction of sp³-hybridized carbons (Fsp3) is 0.647. The number of benzene rings is 1. The zero-order valence-electron chi connectivity index (χ0n) is 13.0. The molecule has 0 radical (unpaired) electrons. The van der Waals surface area contributed by atoms with E-state index in [1.807, 2.05) is 0 Å². The van der Waals surface area contributed by atoms with Gasteiger partial charge in [-0.1, -0.05) is 44.0 Å². The predicted octanol–water partition coefficient (Wildman–Crippen LogP) is 4.00. The topological polar surface area (TPSA) is 15.3 Å². The van der Waals surface area contributed by atoms with Gasteiger partial charge in [-0.25, -0.2) is 0 Å². The molecule has 1 heterocycles. The van der Waals surface area contributed by atoms with Crippen molar-refractivity contribution < 1.29 is 0 Å². The van der Waals surface area contributed by atoms with Crippen molar-refractivity contribution in [3.8, 4) is 0 Å². The monoisotopic (exact) mass is 294 g/mol. The molecular formula is C17H27ClN2. The molecule has 2 atom stereocenters. The minimum absolute atomic E-state index is 0.618. The van der Waals surface area contributed by atoms with E-state index < -0.39 is 0 Å². The first-order valence-corrected chi connectivity index (χ1v) is 8.24. The molecule has 1 aromatic carbocycles. The first kappa shape index (κ1) is 15.8. The van der Waals surface area contributed by atoms with E-state index in [-0.39, 0.29) is 0 Å². The third-order valence-electron chi connectivity index (χ3n) is 4.31. The lowest BCUT2D eigenvalue weighted by Crippen LogP contribution is -2.55. The second-order valence-electron chi connectivity index (χ2n) is 5.98. The maximum atomic E-state index is 6.40. The van der Waals surface area contributed by atoms with Crippen LogP contribution in [0.2, 0.25) is 5.02 Å². The van der Waals surface area contributed by atoms with Crippen LogP contribution in [0.25, 0.3) is 0 Å². The van der Waals surface area contributed by atoms with Crippen LogP contribution in [0.4, 0.5) is 0 Å². The van der Waals surface area contributed by atoms with Gasteiger partial charge in [0.15, 0.2) is 0 Å². The van der Waals surface area contributed by atoms with Crippen LogP contribution >= 0.6 is 11.6 Å². The summed E-state index contributed by atoms with van der Waals surface area (Å²) in [6, 6.07) is 7.68. The summed E-state index contributed by atoms with van der Waals surface area (Å²) in [7, 11) is 0. The predicted molar refractivity (Wildman–Crippen MR) is 87.4 cm³/mol. The van der Waals surface area contributed by atoms with Crippen molar-refractivity contribution in [1.82, 2.24) is 10.2 Å². The van der Waals surface area contributed by atoms with Gasteiger partial charge >= 0.3 is 0 Å². The van der Waals surface area contributed by atoms with E-state index in [9.17, 15) is 0 Å². The lowest BCUT2D eigenvalue weighted by atomic mass is 10.0. The quantitative estimate of drug-likeness (QED) is 0.883. The molecule has 1 N–H and O–H groups in total. The van der Waals surface area contributed by atoms with Crippen molar-refractivity contribution in [2.45, 2.75) is 58.7 Å². The van der Waals surface area contributed by atoms with Gasteiger partial charge in [-0.15, -0.1) is 0 Å². The molecular weight excluding hydrogens is 268 g/mol. The number of rotatable bonds is 5. The summed E-state index contributed by atoms with van der Waals surface area (Å²) in [5, 5.41) is 4.58. The highest BCUT2D eigenvalue weighted by Crippen LogP contribution is 2.23. The molecule has 0 saturated carbocycles. The normalized spacial score (nSPS) is 24.0. The zero-order chi connectivity index (χ0) is 14.5. The first-order valence-electron chi connectivity index (χ1n) is 7.86. The van der Waals surface area contributed by atoms with Crippen LogP contribution in [0.1, 0.15) is 44.2 Å². The van der Waals surface area contributed by atoms with Gasteiger partial charge in [-0.05, 0) is 37.0 Å². The summed E-state index contributed by atoms with van der Waals surface area (Å²) in [5.41, 5.74) is 2.49. The van der Waals surface area contributed by atoms with E-state index >= 15 is 0 Å². The molecule has 20 heavy (non-hydrogen) atoms. The largest absolute Gasteiger partial charge is 0.311 e. The number of halogens is 1. The Morgan fingerprint density at radius 3 is 2.80 bits per heavy atom. The van der Waals surface area contributed by atoms with Crippen LogP contribution in [0.15, 0.2) is 18.2 Å². The molecule has 2 nitrogen and oxygen atoms in total. The van der Waals surface area contributed by atoms with Gasteiger partial charge in [0, 0.05) is 36.7 Å². The summed E-state index contributed by atoms with van der Waals surface area (Å²) in [6.45, 7) is 9.83. The Bertz CT molecular complexity index is 433. The third kappa shape index (κ3) is 3.97. The second kappa shape index (κ2) is 7.44. The van der Waals surface area contributed by atoms with Gasteiger partial charge in [0.05, 0.1) is 0 Å². The number of hydrogen-bond donors (Lipinski definition) is 1. The Balaban J connectivity index is 2.09. The minimum Gasteiger partial charge on any atom is -0.311 e. The van der Waals surface area contributed by atoms with E-state index in [1.165, 1.54) is 30.4 Å². The van der Waals surface area contributed by atoms with Crippen molar-refractivity contribution in [2.75, 3.05) is 13.1 Å². The van der Waals surface area contributed by atoms with Gasteiger partial charge < -0.3 is 5.32 Å². The standard InChI is InChI=1S/C17H27ClN2/c1-4-6-16-10-19-15(5-2)12-20(16)11-14-8-7-13(3)9-17(14)18/h7-9,15-16,19H,4-6,10-12H2,1-3H3. The molecule has 0 amide bonds. The Morgan fingerprint density at radius 1 is 1.35 bits per heavy atom. The molecule has 0 aliphatic carbocycles. The van der Waals surface area contributed by atoms with E-state index in [0.717, 1.165) is 24.7 Å². The van der Waals surface area contributed by atoms with Crippen LogP contribution < -0.4 is 5.32 Å². The average Bonchev–Trinajstić information content (AvgIpc) is 2.44. The Kier molecular flexibility index (Phi) is 5.88. The molecule has 1 aromatic rings. The van der Waals surface area contributed by atoms with Crippen LogP contribution in [0.5, 0.6) is 0 Å². The van der Waals surface area contributed by atoms with Gasteiger partial charge in [-0.3, -0.25) is 4.90 Å². The maximum absolute atomic E-state index is 6.40. The minimum atomic E-state index is 0.618. The number of hydrogen-bond acceptors (Lipinski definition) is 2. The second-order valence-corrected chi connectivity index (χ2v) is 6.39. The lowest BCUT2D eigenvalue weighted by molar-refractivity contribution is 0.113. The SMILES string of the molecule is CCCC1CNC(CC)CN1Cc1ccc(C)cc1Cl. The molecule has 3 heteroatoms. The van der Waals surface area contributed by atoms with E-state index in [0.29, 0.717) is 12.1 Å². The van der Waals surface area contributed by atoms with Crippen molar-refractivity contribution in [1.29, 1.82) is 0 Å². The summed E-state index contributed by atoms with van der Waals surface area (Å²) in [5.74, 6) is 0. The summed E-state index contributed by atoms with van der Waals surface area (Å²) in [6.07, 6.45) is 3.69. The fourth-order valence-electron chi connectivity index (χ4n) is 3.01. The van der Waals surface area contributed by atoms with Crippen molar-refractivity contribution >= 4 is 11.6 Å². The highest BCUT2D eigenvalue weighted by atomic mass is 35.5. The van der Waals surface area contributed by atoms with Crippen LogP contribution in [0.3, 0.4) is 0 Å². The highest BCUT2D eigenvalue weighted by Gasteiger charge is 2.26. The maximum Gasteiger partial charge on any atom is 0.0453 e. The van der Waals surface area contributed by atoms with Crippen LogP contribution in [-0.2, 0) is 6.54 Å². The van der Waals surface area contributed by atoms with Crippen LogP contribution in [-0.4, -0.2) is 30.1 Å². The average molecular weight is 295 g/mol. The van der Waals surface area contributed by atoms with Gasteiger partial charge in [0.1, 0.15) is 0 Å². The summed E-state index contributed by atoms with van der Waals surface area (Å²) in [4.78, 5) is 2.62. The molecule has 112 valence electrons. The molecule has 0 spiro atoms. The van der Waals surface area contributed by atoms with E-state index in [4.69, 9.17) is 11.6 Å². The van der Waals surface area contributed by atoms with Gasteiger partial charge in [0.2, 0.25) is 0 Å². The molecule has 0 aromatic heterocycles. The van der Waals surface area contributed by atoms with Crippen LogP contribution in [0, 0.1) is 6.92 Å². The number of nitrogens with one attached hydrogen (secondary N) is 1. The molecule has 1 aliphatic heterocycles. The molecule has 0 bridgehead atoms. The van der Waals surface area contributed by atoms with E-state index in [2.05, 4.69) is 49.2 Å². The molecule has 1 fully saturated rings. The molecule has 1 aliphatic rings.